The maximum absolute atomic E-state index is 5.19. The Hall–Kier alpha value is -0.940. The standard InChI is InChI=1S/C12H20N4S/c1-12(2,3)16-10-8-4-6-13-7-5-9(8)14-11(17)15-10/h13H,4-7H2,1-3H3,(H2,14,15,16,17). The summed E-state index contributed by atoms with van der Waals surface area (Å²) in [5.41, 5.74) is 2.50. The molecule has 0 spiro atoms. The first-order chi connectivity index (χ1) is 7.96. The van der Waals surface area contributed by atoms with Gasteiger partial charge in [-0.25, -0.2) is 4.98 Å². The monoisotopic (exact) mass is 252 g/mol. The van der Waals surface area contributed by atoms with Gasteiger partial charge in [0.1, 0.15) is 5.82 Å². The molecule has 0 bridgehead atoms. The highest BCUT2D eigenvalue weighted by Gasteiger charge is 2.18. The summed E-state index contributed by atoms with van der Waals surface area (Å²) < 4.78 is 0.567. The largest absolute Gasteiger partial charge is 0.365 e. The molecule has 2 heterocycles. The Bertz CT molecular complexity index is 459. The number of anilines is 1. The molecule has 1 aliphatic rings. The van der Waals surface area contributed by atoms with Crippen LogP contribution in [-0.4, -0.2) is 28.6 Å². The minimum atomic E-state index is 0.00360. The molecule has 0 saturated carbocycles. The molecule has 0 radical (unpaired) electrons. The molecule has 0 saturated heterocycles. The summed E-state index contributed by atoms with van der Waals surface area (Å²) >= 11 is 5.19. The van der Waals surface area contributed by atoms with E-state index in [4.69, 9.17) is 12.2 Å². The fourth-order valence-electron chi connectivity index (χ4n) is 2.04. The van der Waals surface area contributed by atoms with Gasteiger partial charge in [0.2, 0.25) is 0 Å². The van der Waals surface area contributed by atoms with Gasteiger partial charge in [-0.1, -0.05) is 0 Å². The topological polar surface area (TPSA) is 52.7 Å². The first-order valence-electron chi connectivity index (χ1n) is 6.07. The molecule has 1 aliphatic heterocycles. The van der Waals surface area contributed by atoms with Gasteiger partial charge < -0.3 is 15.6 Å². The maximum atomic E-state index is 5.19. The van der Waals surface area contributed by atoms with Crippen molar-refractivity contribution >= 4 is 18.0 Å². The molecule has 0 amide bonds. The van der Waals surface area contributed by atoms with Gasteiger partial charge in [0.15, 0.2) is 4.77 Å². The number of nitrogens with zero attached hydrogens (tertiary/aromatic N) is 1. The van der Waals surface area contributed by atoms with Crippen molar-refractivity contribution in [2.75, 3.05) is 18.4 Å². The lowest BCUT2D eigenvalue weighted by molar-refractivity contribution is 0.627. The molecule has 0 aliphatic carbocycles. The third kappa shape index (κ3) is 3.26. The van der Waals surface area contributed by atoms with Gasteiger partial charge in [-0.15, -0.1) is 0 Å². The summed E-state index contributed by atoms with van der Waals surface area (Å²) in [6, 6.07) is 0. The highest BCUT2D eigenvalue weighted by molar-refractivity contribution is 7.71. The van der Waals surface area contributed by atoms with E-state index in [1.165, 1.54) is 11.3 Å². The van der Waals surface area contributed by atoms with Crippen LogP contribution in [0.4, 0.5) is 5.82 Å². The van der Waals surface area contributed by atoms with Crippen LogP contribution in [0, 0.1) is 4.77 Å². The predicted molar refractivity (Wildman–Crippen MR) is 73.1 cm³/mol. The van der Waals surface area contributed by atoms with Gasteiger partial charge in [0, 0.05) is 29.8 Å². The van der Waals surface area contributed by atoms with Crippen molar-refractivity contribution in [3.8, 4) is 0 Å². The van der Waals surface area contributed by atoms with Crippen molar-refractivity contribution in [1.82, 2.24) is 15.3 Å². The number of fused-ring (bicyclic) bond motifs is 1. The van der Waals surface area contributed by atoms with E-state index in [0.29, 0.717) is 4.77 Å². The van der Waals surface area contributed by atoms with E-state index >= 15 is 0 Å². The van der Waals surface area contributed by atoms with E-state index in [1.807, 2.05) is 0 Å². The molecule has 2 rings (SSSR count). The van der Waals surface area contributed by atoms with Crippen LogP contribution in [0.25, 0.3) is 0 Å². The first kappa shape index (κ1) is 12.5. The summed E-state index contributed by atoms with van der Waals surface area (Å²) in [4.78, 5) is 7.65. The molecule has 0 unspecified atom stereocenters. The normalized spacial score (nSPS) is 16.2. The van der Waals surface area contributed by atoms with Crippen LogP contribution in [0.5, 0.6) is 0 Å². The molecule has 4 nitrogen and oxygen atoms in total. The number of aromatic nitrogens is 2. The summed E-state index contributed by atoms with van der Waals surface area (Å²) in [5.74, 6) is 0.944. The van der Waals surface area contributed by atoms with Crippen molar-refractivity contribution in [3.63, 3.8) is 0 Å². The molecule has 3 N–H and O–H groups in total. The Morgan fingerprint density at radius 1 is 1.24 bits per heavy atom. The van der Waals surface area contributed by atoms with Crippen LogP contribution < -0.4 is 10.6 Å². The summed E-state index contributed by atoms with van der Waals surface area (Å²) in [7, 11) is 0. The van der Waals surface area contributed by atoms with E-state index < -0.39 is 0 Å². The van der Waals surface area contributed by atoms with E-state index in [0.717, 1.165) is 31.7 Å². The Balaban J connectivity index is 2.43. The Kier molecular flexibility index (Phi) is 3.49. The number of hydrogen-bond acceptors (Lipinski definition) is 4. The Morgan fingerprint density at radius 3 is 2.65 bits per heavy atom. The van der Waals surface area contributed by atoms with Gasteiger partial charge in [-0.2, -0.15) is 0 Å². The quantitative estimate of drug-likeness (QED) is 0.670. The number of hydrogen-bond donors (Lipinski definition) is 3. The average molecular weight is 252 g/mol. The molecule has 1 aromatic heterocycles. The van der Waals surface area contributed by atoms with Crippen LogP contribution in [0.2, 0.25) is 0 Å². The second-order valence-corrected chi connectivity index (χ2v) is 5.86. The number of nitrogens with one attached hydrogen (secondary N) is 3. The molecule has 5 heteroatoms. The summed E-state index contributed by atoms with van der Waals surface area (Å²) in [6.45, 7) is 8.40. The zero-order chi connectivity index (χ0) is 12.5. The highest BCUT2D eigenvalue weighted by Crippen LogP contribution is 2.21. The molecule has 94 valence electrons. The first-order valence-corrected chi connectivity index (χ1v) is 6.47. The van der Waals surface area contributed by atoms with Crippen LogP contribution in [0.1, 0.15) is 32.0 Å². The predicted octanol–water partition coefficient (Wildman–Crippen LogP) is 2.04. The smallest absolute Gasteiger partial charge is 0.198 e. The molecule has 1 aromatic rings. The van der Waals surface area contributed by atoms with Crippen molar-refractivity contribution < 1.29 is 0 Å². The molecule has 0 aromatic carbocycles. The third-order valence-corrected chi connectivity index (χ3v) is 2.91. The van der Waals surface area contributed by atoms with Crippen LogP contribution >= 0.6 is 12.2 Å². The average Bonchev–Trinajstić information content (AvgIpc) is 2.39. The van der Waals surface area contributed by atoms with E-state index in [1.54, 1.807) is 0 Å². The van der Waals surface area contributed by atoms with Gasteiger partial charge in [0.05, 0.1) is 0 Å². The minimum Gasteiger partial charge on any atom is -0.365 e. The van der Waals surface area contributed by atoms with Crippen molar-refractivity contribution in [3.05, 3.63) is 16.0 Å². The van der Waals surface area contributed by atoms with Gasteiger partial charge in [0.25, 0.3) is 0 Å². The second kappa shape index (κ2) is 4.74. The lowest BCUT2D eigenvalue weighted by atomic mass is 10.1. The van der Waals surface area contributed by atoms with E-state index in [-0.39, 0.29) is 5.54 Å². The lowest BCUT2D eigenvalue weighted by Crippen LogP contribution is -2.28. The second-order valence-electron chi connectivity index (χ2n) is 5.47. The number of H-pyrrole nitrogens is 1. The number of rotatable bonds is 1. The molecular weight excluding hydrogens is 232 g/mol. The SMILES string of the molecule is CC(C)(C)Nc1nc(=S)[nH]c2c1CCNCC2. The lowest BCUT2D eigenvalue weighted by Gasteiger charge is -2.23. The fraction of sp³-hybridized carbons (Fsp3) is 0.667. The van der Waals surface area contributed by atoms with Crippen molar-refractivity contribution in [2.24, 2.45) is 0 Å². The van der Waals surface area contributed by atoms with Gasteiger partial charge in [-0.3, -0.25) is 0 Å². The highest BCUT2D eigenvalue weighted by atomic mass is 32.1. The molecule has 17 heavy (non-hydrogen) atoms. The Labute approximate surface area is 107 Å². The van der Waals surface area contributed by atoms with Crippen LogP contribution in [0.15, 0.2) is 0 Å². The van der Waals surface area contributed by atoms with Crippen molar-refractivity contribution in [2.45, 2.75) is 39.2 Å². The minimum absolute atomic E-state index is 0.00360. The third-order valence-electron chi connectivity index (χ3n) is 2.72. The van der Waals surface area contributed by atoms with Crippen molar-refractivity contribution in [1.29, 1.82) is 0 Å². The number of aromatic amines is 1. The van der Waals surface area contributed by atoms with Gasteiger partial charge >= 0.3 is 0 Å². The Morgan fingerprint density at radius 2 is 1.94 bits per heavy atom. The summed E-state index contributed by atoms with van der Waals surface area (Å²) in [6.07, 6.45) is 1.98. The molecular formula is C12H20N4S. The molecule has 0 fully saturated rings. The van der Waals surface area contributed by atoms with E-state index in [9.17, 15) is 0 Å². The molecule has 0 atom stereocenters. The zero-order valence-corrected chi connectivity index (χ0v) is 11.5. The zero-order valence-electron chi connectivity index (χ0n) is 10.7. The maximum Gasteiger partial charge on any atom is 0.198 e. The van der Waals surface area contributed by atoms with E-state index in [2.05, 4.69) is 41.4 Å². The summed E-state index contributed by atoms with van der Waals surface area (Å²) in [5, 5.41) is 6.85. The van der Waals surface area contributed by atoms with Crippen LogP contribution in [-0.2, 0) is 12.8 Å². The van der Waals surface area contributed by atoms with Gasteiger partial charge in [-0.05, 0) is 46.0 Å². The fourth-order valence-corrected chi connectivity index (χ4v) is 2.25. The van der Waals surface area contributed by atoms with Crippen LogP contribution in [0.3, 0.4) is 0 Å².